The standard InChI is InChI=1S/C37H45N3O5/c1-5-31(26-8-12-28(13-9-26)34(44)38-23-20-32(42)43)40-35(45)33(39-37(40)21-18-29(19-22-37)36(2,3)4)27-10-6-24(7-11-27)25-14-16-30(41)17-15-25/h6-14,16,29,31,41H,5,15,17-23H2,1-4H3,(H,38,44)(H,42,43). The molecule has 1 atom stereocenters. The van der Waals surface area contributed by atoms with Gasteiger partial charge in [-0.15, -0.1) is 0 Å². The Balaban J connectivity index is 1.44. The highest BCUT2D eigenvalue weighted by atomic mass is 16.4. The van der Waals surface area contributed by atoms with Crippen LogP contribution < -0.4 is 5.32 Å². The minimum absolute atomic E-state index is 0.0627. The van der Waals surface area contributed by atoms with Crippen LogP contribution in [0.15, 0.2) is 71.4 Å². The van der Waals surface area contributed by atoms with Crippen LogP contribution in [0.3, 0.4) is 0 Å². The van der Waals surface area contributed by atoms with Crippen molar-refractivity contribution < 1.29 is 24.6 Å². The maximum Gasteiger partial charge on any atom is 0.305 e. The third-order valence-electron chi connectivity index (χ3n) is 9.74. The van der Waals surface area contributed by atoms with Crippen molar-refractivity contribution in [1.82, 2.24) is 10.2 Å². The van der Waals surface area contributed by atoms with Crippen molar-refractivity contribution in [3.05, 3.63) is 88.7 Å². The molecule has 0 bridgehead atoms. The number of benzene rings is 2. The van der Waals surface area contributed by atoms with Gasteiger partial charge in [-0.05, 0) is 84.8 Å². The highest BCUT2D eigenvalue weighted by Crippen LogP contribution is 2.49. The van der Waals surface area contributed by atoms with Gasteiger partial charge in [-0.1, -0.05) is 70.2 Å². The second-order valence-corrected chi connectivity index (χ2v) is 13.6. The van der Waals surface area contributed by atoms with E-state index in [1.807, 2.05) is 47.4 Å². The van der Waals surface area contributed by atoms with E-state index in [2.05, 4.69) is 33.0 Å². The Labute approximate surface area is 265 Å². The van der Waals surface area contributed by atoms with Gasteiger partial charge in [0, 0.05) is 24.1 Å². The minimum Gasteiger partial charge on any atom is -0.512 e. The average Bonchev–Trinajstić information content (AvgIpc) is 3.29. The van der Waals surface area contributed by atoms with Gasteiger partial charge < -0.3 is 20.4 Å². The topological polar surface area (TPSA) is 119 Å². The number of carbonyl (C=O) groups excluding carboxylic acids is 2. The molecule has 1 fully saturated rings. The molecule has 45 heavy (non-hydrogen) atoms. The van der Waals surface area contributed by atoms with E-state index in [-0.39, 0.29) is 36.2 Å². The third-order valence-corrected chi connectivity index (χ3v) is 9.74. The van der Waals surface area contributed by atoms with Crippen LogP contribution in [0.5, 0.6) is 0 Å². The fourth-order valence-corrected chi connectivity index (χ4v) is 7.05. The molecule has 2 aromatic carbocycles. The first-order valence-electron chi connectivity index (χ1n) is 16.1. The Bertz CT molecular complexity index is 1520. The summed E-state index contributed by atoms with van der Waals surface area (Å²) in [6.45, 7) is 9.01. The number of carboxylic acid groups (broad SMARTS) is 1. The smallest absolute Gasteiger partial charge is 0.305 e. The molecule has 8 heteroatoms. The molecule has 1 heterocycles. The highest BCUT2D eigenvalue weighted by Gasteiger charge is 2.52. The lowest BCUT2D eigenvalue weighted by Crippen LogP contribution is -2.51. The number of aliphatic carboxylic acids is 1. The summed E-state index contributed by atoms with van der Waals surface area (Å²) in [5, 5.41) is 21.3. The maximum atomic E-state index is 14.4. The van der Waals surface area contributed by atoms with E-state index in [1.165, 1.54) is 0 Å². The number of hydrogen-bond acceptors (Lipinski definition) is 5. The van der Waals surface area contributed by atoms with Gasteiger partial charge in [0.15, 0.2) is 0 Å². The number of amides is 2. The predicted molar refractivity (Wildman–Crippen MR) is 176 cm³/mol. The van der Waals surface area contributed by atoms with Gasteiger partial charge in [-0.25, -0.2) is 0 Å². The van der Waals surface area contributed by atoms with Gasteiger partial charge in [0.2, 0.25) is 0 Å². The molecule has 1 aliphatic heterocycles. The summed E-state index contributed by atoms with van der Waals surface area (Å²) in [4.78, 5) is 45.1. The molecule has 3 aliphatic rings. The fourth-order valence-electron chi connectivity index (χ4n) is 7.05. The molecule has 238 valence electrons. The van der Waals surface area contributed by atoms with Crippen LogP contribution >= 0.6 is 0 Å². The summed E-state index contributed by atoms with van der Waals surface area (Å²) in [7, 11) is 0. The van der Waals surface area contributed by atoms with Crippen molar-refractivity contribution >= 4 is 29.1 Å². The number of carbonyl (C=O) groups is 3. The number of nitrogens with zero attached hydrogens (tertiary/aromatic N) is 2. The molecule has 0 aromatic heterocycles. The molecule has 8 nitrogen and oxygen atoms in total. The zero-order valence-electron chi connectivity index (χ0n) is 26.8. The lowest BCUT2D eigenvalue weighted by atomic mass is 9.69. The SMILES string of the molecule is CCC(c1ccc(C(=O)NCCC(=O)O)cc1)N1C(=O)C(c2ccc(C3=CC=C(O)CC3)cc2)=NC12CCC(C(C)(C)C)CC2. The van der Waals surface area contributed by atoms with Crippen LogP contribution in [0.4, 0.5) is 0 Å². The van der Waals surface area contributed by atoms with Gasteiger partial charge >= 0.3 is 5.97 Å². The summed E-state index contributed by atoms with van der Waals surface area (Å²) < 4.78 is 0. The zero-order chi connectivity index (χ0) is 32.4. The number of hydrogen-bond donors (Lipinski definition) is 3. The Morgan fingerprint density at radius 2 is 1.64 bits per heavy atom. The fraction of sp³-hybridized carbons (Fsp3) is 0.459. The monoisotopic (exact) mass is 611 g/mol. The summed E-state index contributed by atoms with van der Waals surface area (Å²) in [5.41, 5.74) is 4.48. The first-order chi connectivity index (χ1) is 21.4. The summed E-state index contributed by atoms with van der Waals surface area (Å²) in [5.74, 6) is -0.406. The molecule has 2 amide bonds. The largest absolute Gasteiger partial charge is 0.512 e. The molecule has 1 spiro atoms. The van der Waals surface area contributed by atoms with Crippen molar-refractivity contribution in [1.29, 1.82) is 0 Å². The average molecular weight is 612 g/mol. The Hall–Kier alpha value is -4.20. The molecule has 5 rings (SSSR count). The lowest BCUT2D eigenvalue weighted by molar-refractivity contribution is -0.137. The third kappa shape index (κ3) is 6.90. The van der Waals surface area contributed by atoms with Gasteiger partial charge in [0.1, 0.15) is 11.4 Å². The van der Waals surface area contributed by atoms with E-state index in [1.54, 1.807) is 18.2 Å². The number of carboxylic acids is 1. The maximum absolute atomic E-state index is 14.4. The second-order valence-electron chi connectivity index (χ2n) is 13.6. The summed E-state index contributed by atoms with van der Waals surface area (Å²) >= 11 is 0. The van der Waals surface area contributed by atoms with Gasteiger partial charge in [0.05, 0.1) is 18.2 Å². The van der Waals surface area contributed by atoms with Crippen LogP contribution in [-0.2, 0) is 9.59 Å². The summed E-state index contributed by atoms with van der Waals surface area (Å²) in [6, 6.07) is 15.1. The number of aliphatic imine (C=N–C) groups is 1. The van der Waals surface area contributed by atoms with Gasteiger partial charge in [-0.2, -0.15) is 0 Å². The first-order valence-corrected chi connectivity index (χ1v) is 16.1. The number of aliphatic hydroxyl groups is 1. The highest BCUT2D eigenvalue weighted by molar-refractivity contribution is 6.46. The number of allylic oxidation sites excluding steroid dienone is 4. The Morgan fingerprint density at radius 1 is 1.00 bits per heavy atom. The number of nitrogens with one attached hydrogen (secondary N) is 1. The molecular weight excluding hydrogens is 566 g/mol. The summed E-state index contributed by atoms with van der Waals surface area (Å²) in [6.07, 6.45) is 9.22. The van der Waals surface area contributed by atoms with Crippen LogP contribution in [-0.4, -0.2) is 50.8 Å². The molecule has 2 aliphatic carbocycles. The minimum atomic E-state index is -0.963. The van der Waals surface area contributed by atoms with Crippen LogP contribution in [0.1, 0.15) is 112 Å². The van der Waals surface area contributed by atoms with Crippen molar-refractivity contribution in [3.63, 3.8) is 0 Å². The quantitative estimate of drug-likeness (QED) is 0.277. The van der Waals surface area contributed by atoms with E-state index < -0.39 is 11.6 Å². The van der Waals surface area contributed by atoms with Crippen LogP contribution in [0, 0.1) is 11.3 Å². The van der Waals surface area contributed by atoms with Gasteiger partial charge in [-0.3, -0.25) is 19.4 Å². The van der Waals surface area contributed by atoms with E-state index >= 15 is 0 Å². The van der Waals surface area contributed by atoms with E-state index in [0.29, 0.717) is 35.8 Å². The Kier molecular flexibility index (Phi) is 9.33. The van der Waals surface area contributed by atoms with Crippen molar-refractivity contribution in [2.75, 3.05) is 6.54 Å². The molecule has 0 saturated heterocycles. The van der Waals surface area contributed by atoms with E-state index in [9.17, 15) is 19.5 Å². The Morgan fingerprint density at radius 3 is 2.20 bits per heavy atom. The van der Waals surface area contributed by atoms with Crippen LogP contribution in [0.2, 0.25) is 0 Å². The van der Waals surface area contributed by atoms with E-state index in [4.69, 9.17) is 10.1 Å². The normalized spacial score (nSPS) is 22.5. The molecule has 2 aromatic rings. The van der Waals surface area contributed by atoms with Crippen LogP contribution in [0.25, 0.3) is 5.57 Å². The van der Waals surface area contributed by atoms with Crippen molar-refractivity contribution in [3.8, 4) is 0 Å². The van der Waals surface area contributed by atoms with Crippen molar-refractivity contribution in [2.24, 2.45) is 16.3 Å². The molecule has 1 saturated carbocycles. The molecule has 3 N–H and O–H groups in total. The van der Waals surface area contributed by atoms with Gasteiger partial charge in [0.25, 0.3) is 11.8 Å². The number of rotatable bonds is 9. The molecule has 1 unspecified atom stereocenters. The second kappa shape index (κ2) is 13.0. The molecular formula is C37H45N3O5. The lowest BCUT2D eigenvalue weighted by Gasteiger charge is -2.47. The number of aliphatic hydroxyl groups excluding tert-OH is 1. The first kappa shape index (κ1) is 32.2. The zero-order valence-corrected chi connectivity index (χ0v) is 26.8. The van der Waals surface area contributed by atoms with E-state index in [0.717, 1.165) is 54.4 Å². The predicted octanol–water partition coefficient (Wildman–Crippen LogP) is 7.23. The van der Waals surface area contributed by atoms with Crippen molar-refractivity contribution in [2.45, 2.75) is 90.8 Å². The molecule has 0 radical (unpaired) electrons.